The number of nitrogens with zero attached hydrogens (tertiary/aromatic N) is 1. The van der Waals surface area contributed by atoms with Crippen molar-refractivity contribution in [3.63, 3.8) is 0 Å². The number of thioether (sulfide) groups is 1. The Morgan fingerprint density at radius 1 is 0.968 bits per heavy atom. The van der Waals surface area contributed by atoms with Gasteiger partial charge >= 0.3 is 0 Å². The molecule has 0 unspecified atom stereocenters. The number of aliphatic imine (C=N–C) groups is 1. The average Bonchev–Trinajstić information content (AvgIpc) is 3.10. The molecule has 0 aromatic heterocycles. The minimum atomic E-state index is -0.241. The standard InChI is InChI=1S/C23H15Cl3N2O2S/c24-16-10-8-14(9-11-16)13-30-19-7-2-1-4-15(19)12-20-22(29)28-23(31-20)27-18-6-3-5-17(25)21(18)26/h1-12H,13H2,(H,27,28,29)/b20-12+. The van der Waals surface area contributed by atoms with Crippen LogP contribution in [0.15, 0.2) is 76.6 Å². The van der Waals surface area contributed by atoms with Gasteiger partial charge in [-0.2, -0.15) is 0 Å². The van der Waals surface area contributed by atoms with Gasteiger partial charge < -0.3 is 10.1 Å². The largest absolute Gasteiger partial charge is 0.488 e. The van der Waals surface area contributed by atoms with E-state index in [2.05, 4.69) is 10.3 Å². The Labute approximate surface area is 198 Å². The Morgan fingerprint density at radius 3 is 2.55 bits per heavy atom. The lowest BCUT2D eigenvalue weighted by molar-refractivity contribution is -0.115. The number of amidine groups is 1. The molecule has 1 heterocycles. The maximum Gasteiger partial charge on any atom is 0.264 e. The van der Waals surface area contributed by atoms with E-state index in [-0.39, 0.29) is 5.91 Å². The molecule has 1 amide bonds. The summed E-state index contributed by atoms with van der Waals surface area (Å²) in [6.45, 7) is 0.386. The molecule has 1 N–H and O–H groups in total. The van der Waals surface area contributed by atoms with Gasteiger partial charge in [0.2, 0.25) is 0 Å². The number of nitrogens with one attached hydrogen (secondary N) is 1. The smallest absolute Gasteiger partial charge is 0.264 e. The number of hydrogen-bond acceptors (Lipinski definition) is 4. The van der Waals surface area contributed by atoms with Crippen molar-refractivity contribution in [3.8, 4) is 5.75 Å². The summed E-state index contributed by atoms with van der Waals surface area (Å²) in [6.07, 6.45) is 1.78. The second kappa shape index (κ2) is 9.79. The van der Waals surface area contributed by atoms with Gasteiger partial charge in [-0.1, -0.05) is 71.2 Å². The Bertz CT molecular complexity index is 1190. The summed E-state index contributed by atoms with van der Waals surface area (Å²) >= 11 is 19.4. The van der Waals surface area contributed by atoms with Gasteiger partial charge in [0.25, 0.3) is 5.91 Å². The highest BCUT2D eigenvalue weighted by molar-refractivity contribution is 8.18. The maximum absolute atomic E-state index is 12.5. The molecule has 156 valence electrons. The van der Waals surface area contributed by atoms with Crippen LogP contribution in [0.25, 0.3) is 6.08 Å². The Hall–Kier alpha value is -2.44. The van der Waals surface area contributed by atoms with Crippen LogP contribution in [0.5, 0.6) is 5.75 Å². The second-order valence-corrected chi connectivity index (χ2v) is 8.76. The van der Waals surface area contributed by atoms with E-state index in [0.29, 0.717) is 43.2 Å². The van der Waals surface area contributed by atoms with Gasteiger partial charge in [0.05, 0.1) is 20.6 Å². The molecule has 1 saturated heterocycles. The molecule has 0 spiro atoms. The first-order chi connectivity index (χ1) is 15.0. The molecule has 1 aliphatic heterocycles. The van der Waals surface area contributed by atoms with Gasteiger partial charge in [-0.15, -0.1) is 0 Å². The highest BCUT2D eigenvalue weighted by atomic mass is 35.5. The molecule has 3 aromatic carbocycles. The zero-order chi connectivity index (χ0) is 21.8. The third-order valence-electron chi connectivity index (χ3n) is 4.32. The molecule has 31 heavy (non-hydrogen) atoms. The number of hydrogen-bond donors (Lipinski definition) is 1. The van der Waals surface area contributed by atoms with Crippen molar-refractivity contribution in [2.75, 3.05) is 0 Å². The van der Waals surface area contributed by atoms with Gasteiger partial charge in [-0.25, -0.2) is 4.99 Å². The number of para-hydroxylation sites is 1. The molecular weight excluding hydrogens is 475 g/mol. The molecule has 4 nitrogen and oxygen atoms in total. The fraction of sp³-hybridized carbons (Fsp3) is 0.0435. The van der Waals surface area contributed by atoms with Gasteiger partial charge in [-0.05, 0) is 53.7 Å². The van der Waals surface area contributed by atoms with Crippen molar-refractivity contribution < 1.29 is 9.53 Å². The van der Waals surface area contributed by atoms with Crippen LogP contribution in [-0.2, 0) is 11.4 Å². The van der Waals surface area contributed by atoms with Crippen molar-refractivity contribution in [2.24, 2.45) is 4.99 Å². The minimum Gasteiger partial charge on any atom is -0.488 e. The average molecular weight is 490 g/mol. The van der Waals surface area contributed by atoms with Gasteiger partial charge in [0.15, 0.2) is 5.17 Å². The lowest BCUT2D eigenvalue weighted by Crippen LogP contribution is -2.19. The number of benzene rings is 3. The number of rotatable bonds is 5. The van der Waals surface area contributed by atoms with Crippen LogP contribution in [0.3, 0.4) is 0 Å². The molecular formula is C23H15Cl3N2O2S. The van der Waals surface area contributed by atoms with Crippen LogP contribution in [0.2, 0.25) is 15.1 Å². The second-order valence-electron chi connectivity index (χ2n) is 6.51. The maximum atomic E-state index is 12.5. The van der Waals surface area contributed by atoms with E-state index >= 15 is 0 Å². The summed E-state index contributed by atoms with van der Waals surface area (Å²) in [7, 11) is 0. The number of carbonyl (C=O) groups excluding carboxylic acids is 1. The lowest BCUT2D eigenvalue weighted by Gasteiger charge is -2.09. The summed E-state index contributed by atoms with van der Waals surface area (Å²) < 4.78 is 5.97. The van der Waals surface area contributed by atoms with E-state index in [4.69, 9.17) is 39.5 Å². The normalized spacial score (nSPS) is 16.0. The van der Waals surface area contributed by atoms with Crippen LogP contribution >= 0.6 is 46.6 Å². The summed E-state index contributed by atoms with van der Waals surface area (Å²) in [5.41, 5.74) is 2.27. The monoisotopic (exact) mass is 488 g/mol. The van der Waals surface area contributed by atoms with E-state index in [1.807, 2.05) is 48.5 Å². The van der Waals surface area contributed by atoms with Crippen molar-refractivity contribution >= 4 is 69.4 Å². The van der Waals surface area contributed by atoms with E-state index in [1.54, 1.807) is 24.3 Å². The Morgan fingerprint density at radius 2 is 1.74 bits per heavy atom. The molecule has 8 heteroatoms. The molecule has 0 bridgehead atoms. The highest BCUT2D eigenvalue weighted by Gasteiger charge is 2.24. The molecule has 0 aliphatic carbocycles. The first-order valence-corrected chi connectivity index (χ1v) is 11.1. The van der Waals surface area contributed by atoms with Crippen LogP contribution in [0.4, 0.5) is 5.69 Å². The molecule has 0 radical (unpaired) electrons. The number of amides is 1. The molecule has 0 atom stereocenters. The predicted molar refractivity (Wildman–Crippen MR) is 129 cm³/mol. The molecule has 4 rings (SSSR count). The molecule has 3 aromatic rings. The van der Waals surface area contributed by atoms with Crippen molar-refractivity contribution in [1.82, 2.24) is 5.32 Å². The minimum absolute atomic E-state index is 0.241. The first kappa shape index (κ1) is 21.8. The van der Waals surface area contributed by atoms with Crippen LogP contribution in [0.1, 0.15) is 11.1 Å². The highest BCUT2D eigenvalue weighted by Crippen LogP contribution is 2.35. The van der Waals surface area contributed by atoms with E-state index in [0.717, 1.165) is 11.1 Å². The zero-order valence-electron chi connectivity index (χ0n) is 15.9. The quantitative estimate of drug-likeness (QED) is 0.388. The van der Waals surface area contributed by atoms with Gasteiger partial charge in [0, 0.05) is 10.6 Å². The van der Waals surface area contributed by atoms with Crippen LogP contribution in [-0.4, -0.2) is 11.1 Å². The van der Waals surface area contributed by atoms with Crippen molar-refractivity contribution in [2.45, 2.75) is 6.61 Å². The molecule has 1 aliphatic rings. The lowest BCUT2D eigenvalue weighted by atomic mass is 10.2. The van der Waals surface area contributed by atoms with E-state index in [9.17, 15) is 4.79 Å². The predicted octanol–water partition coefficient (Wildman–Crippen LogP) is 7.12. The fourth-order valence-corrected chi connectivity index (χ4v) is 4.07. The first-order valence-electron chi connectivity index (χ1n) is 9.19. The summed E-state index contributed by atoms with van der Waals surface area (Å²) in [5.74, 6) is 0.427. The number of ether oxygens (including phenoxy) is 1. The van der Waals surface area contributed by atoms with Crippen LogP contribution in [0, 0.1) is 0 Å². The van der Waals surface area contributed by atoms with E-state index in [1.165, 1.54) is 11.8 Å². The fourth-order valence-electron chi connectivity index (χ4n) is 2.78. The third kappa shape index (κ3) is 5.43. The van der Waals surface area contributed by atoms with Gasteiger partial charge in [0.1, 0.15) is 12.4 Å². The molecule has 1 fully saturated rings. The summed E-state index contributed by atoms with van der Waals surface area (Å²) in [4.78, 5) is 17.4. The van der Waals surface area contributed by atoms with Crippen molar-refractivity contribution in [3.05, 3.63) is 97.8 Å². The molecule has 0 saturated carbocycles. The SMILES string of the molecule is O=C1NC(=Nc2cccc(Cl)c2Cl)S/C1=C/c1ccccc1OCc1ccc(Cl)cc1. The third-order valence-corrected chi connectivity index (χ3v) is 6.29. The van der Waals surface area contributed by atoms with Crippen molar-refractivity contribution in [1.29, 1.82) is 0 Å². The number of carbonyl (C=O) groups is 1. The van der Waals surface area contributed by atoms with Gasteiger partial charge in [-0.3, -0.25) is 4.79 Å². The Kier molecular flexibility index (Phi) is 6.88. The topological polar surface area (TPSA) is 50.7 Å². The number of halogens is 3. The van der Waals surface area contributed by atoms with E-state index < -0.39 is 0 Å². The Balaban J connectivity index is 1.53. The summed E-state index contributed by atoms with van der Waals surface area (Å²) in [5, 5.41) is 4.60. The van der Waals surface area contributed by atoms with Crippen LogP contribution < -0.4 is 10.1 Å². The summed E-state index contributed by atoms with van der Waals surface area (Å²) in [6, 6.07) is 20.1. The zero-order valence-corrected chi connectivity index (χ0v) is 19.0.